The molecule has 0 saturated carbocycles. The van der Waals surface area contributed by atoms with Gasteiger partial charge < -0.3 is 14.0 Å². The monoisotopic (exact) mass is 264 g/mol. The summed E-state index contributed by atoms with van der Waals surface area (Å²) in [7, 11) is 0. The van der Waals surface area contributed by atoms with Crippen molar-refractivity contribution in [3.05, 3.63) is 41.8 Å². The van der Waals surface area contributed by atoms with Crippen molar-refractivity contribution in [2.45, 2.75) is 25.6 Å². The lowest BCUT2D eigenvalue weighted by atomic mass is 10.2. The Morgan fingerprint density at radius 2 is 2.26 bits per heavy atom. The van der Waals surface area contributed by atoms with E-state index in [2.05, 4.69) is 10.1 Å². The molecule has 1 aromatic heterocycles. The number of ether oxygens (including phenoxy) is 2. The van der Waals surface area contributed by atoms with Crippen LogP contribution in [0, 0.1) is 5.82 Å². The van der Waals surface area contributed by atoms with Crippen LogP contribution in [0.3, 0.4) is 0 Å². The van der Waals surface area contributed by atoms with Crippen molar-refractivity contribution in [2.75, 3.05) is 6.61 Å². The summed E-state index contributed by atoms with van der Waals surface area (Å²) in [6.45, 7) is 0.783. The molecule has 0 amide bonds. The molecule has 0 radical (unpaired) electrons. The summed E-state index contributed by atoms with van der Waals surface area (Å²) < 4.78 is 29.2. The van der Waals surface area contributed by atoms with Crippen LogP contribution >= 0.6 is 0 Å². The van der Waals surface area contributed by atoms with E-state index in [0.29, 0.717) is 18.3 Å². The number of hydrogen-bond donors (Lipinski definition) is 0. The van der Waals surface area contributed by atoms with E-state index in [1.807, 2.05) is 0 Å². The molecule has 1 aromatic carbocycles. The van der Waals surface area contributed by atoms with E-state index in [0.717, 1.165) is 12.8 Å². The van der Waals surface area contributed by atoms with Gasteiger partial charge >= 0.3 is 0 Å². The molecule has 0 aliphatic carbocycles. The molecule has 19 heavy (non-hydrogen) atoms. The molecule has 100 valence electrons. The third-order valence-electron chi connectivity index (χ3n) is 2.88. The first-order chi connectivity index (χ1) is 9.33. The van der Waals surface area contributed by atoms with Crippen LogP contribution in [0.15, 0.2) is 28.8 Å². The summed E-state index contributed by atoms with van der Waals surface area (Å²) in [6, 6.07) is 6.19. The van der Waals surface area contributed by atoms with Gasteiger partial charge in [-0.3, -0.25) is 0 Å². The fourth-order valence-corrected chi connectivity index (χ4v) is 1.93. The minimum atomic E-state index is -0.412. The highest BCUT2D eigenvalue weighted by molar-refractivity contribution is 5.23. The summed E-state index contributed by atoms with van der Waals surface area (Å²) in [5.74, 6) is 0.606. The van der Waals surface area contributed by atoms with Crippen LogP contribution in [0.25, 0.3) is 0 Å². The van der Waals surface area contributed by atoms with Gasteiger partial charge in [-0.2, -0.15) is 4.98 Å². The molecule has 0 N–H and O–H groups in total. The summed E-state index contributed by atoms with van der Waals surface area (Å²) >= 11 is 0. The van der Waals surface area contributed by atoms with Crippen molar-refractivity contribution in [3.63, 3.8) is 0 Å². The largest absolute Gasteiger partial charge is 0.482 e. The predicted molar refractivity (Wildman–Crippen MR) is 63.0 cm³/mol. The van der Waals surface area contributed by atoms with Gasteiger partial charge in [-0.1, -0.05) is 17.3 Å². The van der Waals surface area contributed by atoms with Gasteiger partial charge in [-0.05, 0) is 25.0 Å². The highest BCUT2D eigenvalue weighted by Crippen LogP contribution is 2.27. The summed E-state index contributed by atoms with van der Waals surface area (Å²) in [5.41, 5.74) is 0. The molecule has 2 heterocycles. The van der Waals surface area contributed by atoms with Gasteiger partial charge in [-0.25, -0.2) is 4.39 Å². The van der Waals surface area contributed by atoms with E-state index in [1.54, 1.807) is 18.2 Å². The van der Waals surface area contributed by atoms with Crippen LogP contribution in [-0.4, -0.2) is 16.7 Å². The molecule has 1 aliphatic heterocycles. The summed E-state index contributed by atoms with van der Waals surface area (Å²) in [6.07, 6.45) is 1.76. The molecule has 5 nitrogen and oxygen atoms in total. The van der Waals surface area contributed by atoms with Gasteiger partial charge in [0.15, 0.2) is 18.2 Å². The zero-order valence-electron chi connectivity index (χ0n) is 10.2. The van der Waals surface area contributed by atoms with E-state index >= 15 is 0 Å². The standard InChI is InChI=1S/C13H13FN2O3/c14-9-4-1-2-5-10(9)18-8-12-15-13(19-16-12)11-6-3-7-17-11/h1-2,4-5,11H,3,6-8H2/t11-/m1/s1. The van der Waals surface area contributed by atoms with Gasteiger partial charge in [0.2, 0.25) is 5.82 Å². The Morgan fingerprint density at radius 3 is 3.05 bits per heavy atom. The Labute approximate surface area is 109 Å². The smallest absolute Gasteiger partial charge is 0.255 e. The van der Waals surface area contributed by atoms with Crippen LogP contribution in [0.5, 0.6) is 5.75 Å². The van der Waals surface area contributed by atoms with Gasteiger partial charge in [0, 0.05) is 6.61 Å². The predicted octanol–water partition coefficient (Wildman–Crippen LogP) is 2.64. The van der Waals surface area contributed by atoms with E-state index in [4.69, 9.17) is 14.0 Å². The van der Waals surface area contributed by atoms with Crippen LogP contribution in [0.2, 0.25) is 0 Å². The number of hydrogen-bond acceptors (Lipinski definition) is 5. The van der Waals surface area contributed by atoms with Crippen molar-refractivity contribution < 1.29 is 18.4 Å². The Hall–Kier alpha value is -1.95. The number of aromatic nitrogens is 2. The zero-order valence-corrected chi connectivity index (χ0v) is 10.2. The highest BCUT2D eigenvalue weighted by atomic mass is 19.1. The minimum Gasteiger partial charge on any atom is -0.482 e. The molecular formula is C13H13FN2O3. The molecule has 1 aliphatic rings. The second-order valence-electron chi connectivity index (χ2n) is 4.27. The topological polar surface area (TPSA) is 57.4 Å². The molecule has 6 heteroatoms. The first kappa shape index (κ1) is 12.1. The third-order valence-corrected chi connectivity index (χ3v) is 2.88. The first-order valence-corrected chi connectivity index (χ1v) is 6.14. The van der Waals surface area contributed by atoms with Crippen molar-refractivity contribution >= 4 is 0 Å². The maximum atomic E-state index is 13.3. The summed E-state index contributed by atoms with van der Waals surface area (Å²) in [4.78, 5) is 4.19. The second kappa shape index (κ2) is 5.36. The Balaban J connectivity index is 1.63. The lowest BCUT2D eigenvalue weighted by Crippen LogP contribution is -2.00. The lowest BCUT2D eigenvalue weighted by Gasteiger charge is -2.03. The SMILES string of the molecule is Fc1ccccc1OCc1noc([C@H]2CCCO2)n1. The molecule has 0 spiro atoms. The number of benzene rings is 1. The number of nitrogens with zero attached hydrogens (tertiary/aromatic N) is 2. The normalized spacial score (nSPS) is 18.7. The van der Waals surface area contributed by atoms with Crippen molar-refractivity contribution in [3.8, 4) is 5.75 Å². The second-order valence-corrected chi connectivity index (χ2v) is 4.27. The highest BCUT2D eigenvalue weighted by Gasteiger charge is 2.23. The van der Waals surface area contributed by atoms with Crippen molar-refractivity contribution in [1.29, 1.82) is 0 Å². The fraction of sp³-hybridized carbons (Fsp3) is 0.385. The maximum absolute atomic E-state index is 13.3. The molecule has 3 rings (SSSR count). The Kier molecular flexibility index (Phi) is 3.41. The van der Waals surface area contributed by atoms with Crippen molar-refractivity contribution in [2.24, 2.45) is 0 Å². The van der Waals surface area contributed by atoms with Crippen LogP contribution in [0.4, 0.5) is 4.39 Å². The van der Waals surface area contributed by atoms with Gasteiger partial charge in [0.25, 0.3) is 5.89 Å². The first-order valence-electron chi connectivity index (χ1n) is 6.14. The van der Waals surface area contributed by atoms with Crippen molar-refractivity contribution in [1.82, 2.24) is 10.1 Å². The average molecular weight is 264 g/mol. The van der Waals surface area contributed by atoms with Crippen LogP contribution in [-0.2, 0) is 11.3 Å². The zero-order chi connectivity index (χ0) is 13.1. The fourth-order valence-electron chi connectivity index (χ4n) is 1.93. The minimum absolute atomic E-state index is 0.0666. The molecule has 0 bridgehead atoms. The molecular weight excluding hydrogens is 251 g/mol. The van der Waals surface area contributed by atoms with Crippen LogP contribution in [0.1, 0.15) is 30.7 Å². The molecule has 1 fully saturated rings. The maximum Gasteiger partial charge on any atom is 0.255 e. The number of para-hydroxylation sites is 1. The Bertz CT molecular complexity index is 552. The molecule has 0 unspecified atom stereocenters. The van der Waals surface area contributed by atoms with E-state index in [1.165, 1.54) is 6.07 Å². The van der Waals surface area contributed by atoms with E-state index in [9.17, 15) is 4.39 Å². The molecule has 1 atom stereocenters. The van der Waals surface area contributed by atoms with Gasteiger partial charge in [-0.15, -0.1) is 0 Å². The third kappa shape index (κ3) is 2.73. The van der Waals surface area contributed by atoms with Crippen LogP contribution < -0.4 is 4.74 Å². The Morgan fingerprint density at radius 1 is 1.37 bits per heavy atom. The lowest BCUT2D eigenvalue weighted by molar-refractivity contribution is 0.0835. The average Bonchev–Trinajstić information content (AvgIpc) is 3.09. The van der Waals surface area contributed by atoms with E-state index < -0.39 is 5.82 Å². The van der Waals surface area contributed by atoms with Gasteiger partial charge in [0.1, 0.15) is 6.10 Å². The molecule has 1 saturated heterocycles. The quantitative estimate of drug-likeness (QED) is 0.849. The number of rotatable bonds is 4. The summed E-state index contributed by atoms with van der Waals surface area (Å²) in [5, 5.41) is 3.79. The van der Waals surface area contributed by atoms with Gasteiger partial charge in [0.05, 0.1) is 0 Å². The molecule has 2 aromatic rings. The van der Waals surface area contributed by atoms with E-state index in [-0.39, 0.29) is 18.5 Å². The number of halogens is 1.